The van der Waals surface area contributed by atoms with E-state index in [9.17, 15) is 4.79 Å². The molecule has 3 aliphatic rings. The van der Waals surface area contributed by atoms with E-state index in [0.717, 1.165) is 78.1 Å². The fourth-order valence-corrected chi connectivity index (χ4v) is 6.87. The van der Waals surface area contributed by atoms with Crippen LogP contribution in [0.3, 0.4) is 0 Å². The van der Waals surface area contributed by atoms with E-state index in [-0.39, 0.29) is 11.8 Å². The topological polar surface area (TPSA) is 57.2 Å². The lowest BCUT2D eigenvalue weighted by Gasteiger charge is -2.43. The molecule has 1 amide bonds. The third kappa shape index (κ3) is 5.55. The Morgan fingerprint density at radius 2 is 1.74 bits per heavy atom. The SMILES string of the molecule is CCCCCCC[C@@H]1Cc2c(cccc2C(=O)N2CCCC2)O[C@]12OC(OC)c1c(OCc3ccccc3)cccc12. The number of benzene rings is 3. The molecule has 3 aromatic rings. The van der Waals surface area contributed by atoms with Gasteiger partial charge >= 0.3 is 0 Å². The van der Waals surface area contributed by atoms with Gasteiger partial charge in [0.2, 0.25) is 5.79 Å². The molecule has 0 saturated carbocycles. The Balaban J connectivity index is 1.36. The van der Waals surface area contributed by atoms with Crippen LogP contribution in [0.1, 0.15) is 97.2 Å². The maximum atomic E-state index is 13.6. The molecule has 0 aromatic heterocycles. The van der Waals surface area contributed by atoms with Gasteiger partial charge in [-0.1, -0.05) is 87.6 Å². The number of hydrogen-bond donors (Lipinski definition) is 0. The van der Waals surface area contributed by atoms with Crippen molar-refractivity contribution in [2.24, 2.45) is 5.92 Å². The van der Waals surface area contributed by atoms with Crippen molar-refractivity contribution in [3.05, 3.63) is 94.5 Å². The molecule has 1 fully saturated rings. The van der Waals surface area contributed by atoms with Gasteiger partial charge in [-0.25, -0.2) is 0 Å². The highest BCUT2D eigenvalue weighted by Gasteiger charge is 2.56. The first-order chi connectivity index (χ1) is 20.6. The summed E-state index contributed by atoms with van der Waals surface area (Å²) in [4.78, 5) is 15.6. The fourth-order valence-electron chi connectivity index (χ4n) is 6.87. The van der Waals surface area contributed by atoms with Crippen molar-refractivity contribution in [1.29, 1.82) is 0 Å². The third-order valence-corrected chi connectivity index (χ3v) is 9.07. The molecule has 222 valence electrons. The van der Waals surface area contributed by atoms with E-state index in [4.69, 9.17) is 18.9 Å². The predicted octanol–water partition coefficient (Wildman–Crippen LogP) is 7.94. The first kappa shape index (κ1) is 28.8. The molecule has 0 aliphatic carbocycles. The number of ether oxygens (including phenoxy) is 4. The Labute approximate surface area is 249 Å². The molecule has 1 saturated heterocycles. The van der Waals surface area contributed by atoms with E-state index in [1.165, 1.54) is 25.7 Å². The van der Waals surface area contributed by atoms with Crippen molar-refractivity contribution in [1.82, 2.24) is 4.90 Å². The van der Waals surface area contributed by atoms with E-state index < -0.39 is 12.1 Å². The van der Waals surface area contributed by atoms with Crippen LogP contribution in [0.2, 0.25) is 0 Å². The van der Waals surface area contributed by atoms with Crippen LogP contribution in [0, 0.1) is 5.92 Å². The van der Waals surface area contributed by atoms with Crippen molar-refractivity contribution in [2.45, 2.75) is 83.4 Å². The smallest absolute Gasteiger partial charge is 0.254 e. The Bertz CT molecular complexity index is 1370. The van der Waals surface area contributed by atoms with Gasteiger partial charge in [0.1, 0.15) is 18.1 Å². The van der Waals surface area contributed by atoms with Gasteiger partial charge in [0, 0.05) is 42.8 Å². The van der Waals surface area contributed by atoms with E-state index >= 15 is 0 Å². The minimum absolute atomic E-state index is 0.0161. The Morgan fingerprint density at radius 3 is 2.52 bits per heavy atom. The van der Waals surface area contributed by atoms with Crippen molar-refractivity contribution < 1.29 is 23.7 Å². The summed E-state index contributed by atoms with van der Waals surface area (Å²) < 4.78 is 26.1. The van der Waals surface area contributed by atoms with Crippen LogP contribution in [-0.2, 0) is 28.3 Å². The second-order valence-corrected chi connectivity index (χ2v) is 11.8. The maximum absolute atomic E-state index is 13.6. The van der Waals surface area contributed by atoms with Crippen molar-refractivity contribution >= 4 is 5.91 Å². The second kappa shape index (κ2) is 12.9. The van der Waals surface area contributed by atoms with E-state index in [1.54, 1.807) is 7.11 Å². The van der Waals surface area contributed by atoms with E-state index in [1.807, 2.05) is 53.4 Å². The molecule has 0 bridgehead atoms. The molecule has 1 unspecified atom stereocenters. The monoisotopic (exact) mass is 569 g/mol. The number of nitrogens with zero attached hydrogens (tertiary/aromatic N) is 1. The summed E-state index contributed by atoms with van der Waals surface area (Å²) in [5.74, 6) is 0.580. The zero-order valence-electron chi connectivity index (χ0n) is 25.0. The molecule has 0 radical (unpaired) electrons. The van der Waals surface area contributed by atoms with Gasteiger partial charge in [-0.2, -0.15) is 0 Å². The second-order valence-electron chi connectivity index (χ2n) is 11.8. The first-order valence-electron chi connectivity index (χ1n) is 15.8. The van der Waals surface area contributed by atoms with Crippen LogP contribution in [-0.4, -0.2) is 31.0 Å². The average molecular weight is 570 g/mol. The Hall–Kier alpha value is -3.35. The fraction of sp³-hybridized carbons (Fsp3) is 0.472. The molecule has 3 heterocycles. The number of hydrogen-bond acceptors (Lipinski definition) is 5. The van der Waals surface area contributed by atoms with E-state index in [0.29, 0.717) is 13.0 Å². The maximum Gasteiger partial charge on any atom is 0.254 e. The highest BCUT2D eigenvalue weighted by Crippen LogP contribution is 2.56. The lowest BCUT2D eigenvalue weighted by Crippen LogP contribution is -2.46. The van der Waals surface area contributed by atoms with Crippen LogP contribution >= 0.6 is 0 Å². The summed E-state index contributed by atoms with van der Waals surface area (Å²) in [5, 5.41) is 0. The number of rotatable bonds is 11. The van der Waals surface area contributed by atoms with Gasteiger partial charge < -0.3 is 23.8 Å². The number of methoxy groups -OCH3 is 1. The van der Waals surface area contributed by atoms with Gasteiger partial charge in [0.05, 0.1) is 5.56 Å². The minimum Gasteiger partial charge on any atom is -0.488 e. The third-order valence-electron chi connectivity index (χ3n) is 9.07. The number of amides is 1. The molecule has 1 spiro atoms. The van der Waals surface area contributed by atoms with Crippen LogP contribution in [0.5, 0.6) is 11.5 Å². The summed E-state index contributed by atoms with van der Waals surface area (Å²) in [6.45, 7) is 4.34. The lowest BCUT2D eigenvalue weighted by atomic mass is 9.79. The normalized spacial score (nSPS) is 22.6. The number of carbonyl (C=O) groups is 1. The molecular weight excluding hydrogens is 526 g/mol. The van der Waals surface area contributed by atoms with Crippen molar-refractivity contribution in [3.8, 4) is 11.5 Å². The first-order valence-corrected chi connectivity index (χ1v) is 15.8. The Kier molecular flexibility index (Phi) is 8.82. The summed E-state index contributed by atoms with van der Waals surface area (Å²) >= 11 is 0. The van der Waals surface area contributed by atoms with Crippen molar-refractivity contribution in [3.63, 3.8) is 0 Å². The summed E-state index contributed by atoms with van der Waals surface area (Å²) in [6, 6.07) is 22.2. The molecule has 6 nitrogen and oxygen atoms in total. The van der Waals surface area contributed by atoms with Gasteiger partial charge in [0.15, 0.2) is 6.29 Å². The molecule has 0 N–H and O–H groups in total. The van der Waals surface area contributed by atoms with Crippen LogP contribution in [0.15, 0.2) is 66.7 Å². The van der Waals surface area contributed by atoms with Crippen LogP contribution in [0.4, 0.5) is 0 Å². The summed E-state index contributed by atoms with van der Waals surface area (Å²) in [7, 11) is 1.67. The molecular formula is C36H43NO5. The average Bonchev–Trinajstić information content (AvgIpc) is 3.68. The standard InChI is InChI=1S/C36H43NO5/c1-3-4-5-6-10-17-27-24-29-28(34(38)37-22-11-12-23-37)18-13-20-31(29)41-36(27)30-19-14-21-32(33(30)35(39-2)42-36)40-25-26-15-8-7-9-16-26/h7-9,13-16,18-21,27,35H,3-6,10-12,17,22-25H2,1-2H3/t27-,35?,36+/m1/s1. The highest BCUT2D eigenvalue weighted by molar-refractivity contribution is 5.96. The van der Waals surface area contributed by atoms with Crippen LogP contribution in [0.25, 0.3) is 0 Å². The van der Waals surface area contributed by atoms with Crippen LogP contribution < -0.4 is 9.47 Å². The van der Waals surface area contributed by atoms with E-state index in [2.05, 4.69) is 25.1 Å². The van der Waals surface area contributed by atoms with Gasteiger partial charge in [-0.3, -0.25) is 4.79 Å². The van der Waals surface area contributed by atoms with Crippen molar-refractivity contribution in [2.75, 3.05) is 20.2 Å². The number of fused-ring (bicyclic) bond motifs is 3. The summed E-state index contributed by atoms with van der Waals surface area (Å²) in [5.41, 5.74) is 4.71. The molecule has 3 aliphatic heterocycles. The largest absolute Gasteiger partial charge is 0.488 e. The molecule has 6 heteroatoms. The number of carbonyl (C=O) groups excluding carboxylic acids is 1. The molecule has 3 atom stereocenters. The quantitative estimate of drug-likeness (QED) is 0.219. The highest BCUT2D eigenvalue weighted by atomic mass is 16.8. The number of unbranched alkanes of at least 4 members (excludes halogenated alkanes) is 4. The number of likely N-dealkylation sites (tertiary alicyclic amines) is 1. The zero-order valence-corrected chi connectivity index (χ0v) is 25.0. The molecule has 42 heavy (non-hydrogen) atoms. The van der Waals surface area contributed by atoms with Gasteiger partial charge in [-0.05, 0) is 49.4 Å². The predicted molar refractivity (Wildman–Crippen MR) is 163 cm³/mol. The molecule has 6 rings (SSSR count). The van der Waals surface area contributed by atoms with Gasteiger partial charge in [-0.15, -0.1) is 0 Å². The zero-order chi connectivity index (χ0) is 28.9. The summed E-state index contributed by atoms with van der Waals surface area (Å²) in [6.07, 6.45) is 9.09. The lowest BCUT2D eigenvalue weighted by molar-refractivity contribution is -0.293. The Morgan fingerprint density at radius 1 is 0.952 bits per heavy atom. The molecule has 3 aromatic carbocycles. The van der Waals surface area contributed by atoms with Gasteiger partial charge in [0.25, 0.3) is 5.91 Å². The minimum atomic E-state index is -1.02.